The molecule has 1 aromatic carbocycles. The van der Waals surface area contributed by atoms with Crippen molar-refractivity contribution in [3.05, 3.63) is 18.2 Å². The molecule has 0 aromatic heterocycles. The summed E-state index contributed by atoms with van der Waals surface area (Å²) in [6, 6.07) is 5.42. The second kappa shape index (κ2) is 7.01. The molecule has 0 saturated heterocycles. The Bertz CT molecular complexity index is 338. The standard InChI is InChI=1S/C13H22N2O2/c1-3-11(4-2)15-7-8-17-13-6-5-10(14)9-12(13)16/h5-6,9,11,15-16H,3-4,7-8,14H2,1-2H3. The predicted molar refractivity (Wildman–Crippen MR) is 70.4 cm³/mol. The van der Waals surface area contributed by atoms with Gasteiger partial charge in [0.2, 0.25) is 0 Å². The first kappa shape index (κ1) is 13.6. The molecule has 0 unspecified atom stereocenters. The average molecular weight is 238 g/mol. The minimum absolute atomic E-state index is 0.0903. The highest BCUT2D eigenvalue weighted by Crippen LogP contribution is 2.27. The van der Waals surface area contributed by atoms with Gasteiger partial charge in [0, 0.05) is 24.3 Å². The van der Waals surface area contributed by atoms with E-state index >= 15 is 0 Å². The van der Waals surface area contributed by atoms with Gasteiger partial charge in [0.1, 0.15) is 6.61 Å². The molecule has 0 aliphatic heterocycles. The largest absolute Gasteiger partial charge is 0.504 e. The number of phenolic OH excluding ortho intramolecular Hbond substituents is 1. The number of anilines is 1. The van der Waals surface area contributed by atoms with E-state index in [4.69, 9.17) is 10.5 Å². The van der Waals surface area contributed by atoms with E-state index in [1.807, 2.05) is 0 Å². The van der Waals surface area contributed by atoms with Crippen LogP contribution in [0.25, 0.3) is 0 Å². The predicted octanol–water partition coefficient (Wildman–Crippen LogP) is 2.13. The first-order valence-corrected chi connectivity index (χ1v) is 6.12. The van der Waals surface area contributed by atoms with Gasteiger partial charge in [0.25, 0.3) is 0 Å². The fourth-order valence-electron chi connectivity index (χ4n) is 1.66. The van der Waals surface area contributed by atoms with E-state index in [0.717, 1.165) is 19.4 Å². The fourth-order valence-corrected chi connectivity index (χ4v) is 1.66. The van der Waals surface area contributed by atoms with E-state index < -0.39 is 0 Å². The number of hydrogen-bond donors (Lipinski definition) is 3. The molecule has 1 rings (SSSR count). The van der Waals surface area contributed by atoms with Crippen molar-refractivity contribution in [3.63, 3.8) is 0 Å². The van der Waals surface area contributed by atoms with Crippen molar-refractivity contribution in [1.29, 1.82) is 0 Å². The zero-order valence-corrected chi connectivity index (χ0v) is 10.6. The highest BCUT2D eigenvalue weighted by atomic mass is 16.5. The Morgan fingerprint density at radius 2 is 2.06 bits per heavy atom. The third-order valence-corrected chi connectivity index (χ3v) is 2.76. The van der Waals surface area contributed by atoms with Gasteiger partial charge < -0.3 is 20.9 Å². The SMILES string of the molecule is CCC(CC)NCCOc1ccc(N)cc1O. The van der Waals surface area contributed by atoms with Crippen molar-refractivity contribution in [2.24, 2.45) is 0 Å². The van der Waals surface area contributed by atoms with Gasteiger partial charge in [0.05, 0.1) is 0 Å². The molecule has 0 fully saturated rings. The van der Waals surface area contributed by atoms with Gasteiger partial charge in [-0.2, -0.15) is 0 Å². The summed E-state index contributed by atoms with van der Waals surface area (Å²) >= 11 is 0. The van der Waals surface area contributed by atoms with Crippen LogP contribution in [-0.4, -0.2) is 24.3 Å². The van der Waals surface area contributed by atoms with Crippen molar-refractivity contribution < 1.29 is 9.84 Å². The molecule has 0 heterocycles. The van der Waals surface area contributed by atoms with Gasteiger partial charge in [-0.25, -0.2) is 0 Å². The Morgan fingerprint density at radius 3 is 2.65 bits per heavy atom. The van der Waals surface area contributed by atoms with Crippen LogP contribution in [0.15, 0.2) is 18.2 Å². The maximum atomic E-state index is 9.57. The van der Waals surface area contributed by atoms with E-state index in [2.05, 4.69) is 19.2 Å². The molecule has 96 valence electrons. The maximum Gasteiger partial charge on any atom is 0.161 e. The summed E-state index contributed by atoms with van der Waals surface area (Å²) in [6.07, 6.45) is 2.23. The molecule has 0 aliphatic rings. The number of nitrogens with two attached hydrogens (primary N) is 1. The number of phenols is 1. The highest BCUT2D eigenvalue weighted by molar-refractivity contribution is 5.51. The second-order valence-electron chi connectivity index (χ2n) is 4.04. The van der Waals surface area contributed by atoms with Crippen molar-refractivity contribution in [3.8, 4) is 11.5 Å². The Balaban J connectivity index is 2.31. The summed E-state index contributed by atoms with van der Waals surface area (Å²) in [5.74, 6) is 0.568. The molecular formula is C13H22N2O2. The van der Waals surface area contributed by atoms with Crippen LogP contribution < -0.4 is 15.8 Å². The molecule has 4 N–H and O–H groups in total. The van der Waals surface area contributed by atoms with E-state index in [0.29, 0.717) is 24.1 Å². The summed E-state index contributed by atoms with van der Waals surface area (Å²) in [5, 5.41) is 13.0. The first-order valence-electron chi connectivity index (χ1n) is 6.12. The number of ether oxygens (including phenoxy) is 1. The molecule has 0 atom stereocenters. The van der Waals surface area contributed by atoms with E-state index in [9.17, 15) is 5.11 Å². The van der Waals surface area contributed by atoms with Crippen LogP contribution in [0.2, 0.25) is 0 Å². The van der Waals surface area contributed by atoms with Crippen molar-refractivity contribution in [2.45, 2.75) is 32.7 Å². The van der Waals surface area contributed by atoms with Crippen LogP contribution in [0.3, 0.4) is 0 Å². The van der Waals surface area contributed by atoms with Crippen molar-refractivity contribution >= 4 is 5.69 Å². The molecule has 0 radical (unpaired) electrons. The molecule has 0 bridgehead atoms. The van der Waals surface area contributed by atoms with Gasteiger partial charge in [-0.15, -0.1) is 0 Å². The van der Waals surface area contributed by atoms with E-state index in [-0.39, 0.29) is 5.75 Å². The Kier molecular flexibility index (Phi) is 5.63. The monoisotopic (exact) mass is 238 g/mol. The van der Waals surface area contributed by atoms with Gasteiger partial charge in [0.15, 0.2) is 11.5 Å². The zero-order valence-electron chi connectivity index (χ0n) is 10.6. The molecule has 0 amide bonds. The van der Waals surface area contributed by atoms with Crippen LogP contribution in [0, 0.1) is 0 Å². The normalized spacial score (nSPS) is 10.8. The molecule has 4 heteroatoms. The molecule has 1 aromatic rings. The van der Waals surface area contributed by atoms with Crippen LogP contribution in [-0.2, 0) is 0 Å². The Hall–Kier alpha value is -1.42. The lowest BCUT2D eigenvalue weighted by molar-refractivity contribution is 0.288. The van der Waals surface area contributed by atoms with Crippen molar-refractivity contribution in [2.75, 3.05) is 18.9 Å². The van der Waals surface area contributed by atoms with Crippen LogP contribution in [0.4, 0.5) is 5.69 Å². The van der Waals surface area contributed by atoms with Gasteiger partial charge in [-0.1, -0.05) is 13.8 Å². The quantitative estimate of drug-likeness (QED) is 0.503. The maximum absolute atomic E-state index is 9.57. The minimum atomic E-state index is 0.0903. The second-order valence-corrected chi connectivity index (χ2v) is 4.04. The lowest BCUT2D eigenvalue weighted by Crippen LogP contribution is -2.31. The fraction of sp³-hybridized carbons (Fsp3) is 0.538. The molecule has 0 aliphatic carbocycles. The van der Waals surface area contributed by atoms with Gasteiger partial charge in [-0.3, -0.25) is 0 Å². The van der Waals surface area contributed by atoms with Gasteiger partial charge >= 0.3 is 0 Å². The van der Waals surface area contributed by atoms with Crippen LogP contribution >= 0.6 is 0 Å². The number of nitrogen functional groups attached to an aromatic ring is 1. The first-order chi connectivity index (χ1) is 8.17. The minimum Gasteiger partial charge on any atom is -0.504 e. The Labute approximate surface area is 103 Å². The lowest BCUT2D eigenvalue weighted by Gasteiger charge is -2.15. The number of benzene rings is 1. The summed E-state index contributed by atoms with van der Waals surface area (Å²) in [7, 11) is 0. The van der Waals surface area contributed by atoms with E-state index in [1.54, 1.807) is 12.1 Å². The van der Waals surface area contributed by atoms with E-state index in [1.165, 1.54) is 6.07 Å². The lowest BCUT2D eigenvalue weighted by atomic mass is 10.2. The topological polar surface area (TPSA) is 67.5 Å². The summed E-state index contributed by atoms with van der Waals surface area (Å²) < 4.78 is 5.46. The Morgan fingerprint density at radius 1 is 1.35 bits per heavy atom. The van der Waals surface area contributed by atoms with Gasteiger partial charge in [-0.05, 0) is 25.0 Å². The number of aromatic hydroxyl groups is 1. The summed E-state index contributed by atoms with van der Waals surface area (Å²) in [6.45, 7) is 5.63. The number of hydrogen-bond acceptors (Lipinski definition) is 4. The third kappa shape index (κ3) is 4.53. The number of rotatable bonds is 7. The molecule has 17 heavy (non-hydrogen) atoms. The summed E-state index contributed by atoms with van der Waals surface area (Å²) in [5.41, 5.74) is 6.06. The molecule has 0 spiro atoms. The average Bonchev–Trinajstić information content (AvgIpc) is 2.32. The van der Waals surface area contributed by atoms with Crippen LogP contribution in [0.5, 0.6) is 11.5 Å². The van der Waals surface area contributed by atoms with Crippen molar-refractivity contribution in [1.82, 2.24) is 5.32 Å². The molecule has 4 nitrogen and oxygen atoms in total. The third-order valence-electron chi connectivity index (χ3n) is 2.76. The smallest absolute Gasteiger partial charge is 0.161 e. The highest BCUT2D eigenvalue weighted by Gasteiger charge is 2.04. The molecule has 0 saturated carbocycles. The zero-order chi connectivity index (χ0) is 12.7. The number of nitrogens with one attached hydrogen (secondary N) is 1. The molecular weight excluding hydrogens is 216 g/mol. The summed E-state index contributed by atoms with van der Waals surface area (Å²) in [4.78, 5) is 0. The van der Waals surface area contributed by atoms with Crippen LogP contribution in [0.1, 0.15) is 26.7 Å².